The Hall–Kier alpha value is -0.140. The summed E-state index contributed by atoms with van der Waals surface area (Å²) in [4.78, 5) is 0.286. The van der Waals surface area contributed by atoms with Crippen molar-refractivity contribution >= 4 is 37.6 Å². The van der Waals surface area contributed by atoms with Gasteiger partial charge in [0.1, 0.15) is 0 Å². The highest BCUT2D eigenvalue weighted by atomic mass is 79.9. The van der Waals surface area contributed by atoms with E-state index in [4.69, 9.17) is 16.3 Å². The molecule has 1 fully saturated rings. The summed E-state index contributed by atoms with van der Waals surface area (Å²) < 4.78 is 32.6. The molecule has 1 aromatic rings. The maximum atomic E-state index is 12.7. The first-order chi connectivity index (χ1) is 9.48. The van der Waals surface area contributed by atoms with E-state index in [2.05, 4.69) is 15.9 Å². The summed E-state index contributed by atoms with van der Waals surface area (Å²) in [5.41, 5.74) is 0.793. The Morgan fingerprint density at radius 1 is 1.50 bits per heavy atom. The molecule has 0 aliphatic carbocycles. The minimum atomic E-state index is -3.48. The van der Waals surface area contributed by atoms with E-state index in [0.29, 0.717) is 30.0 Å². The first kappa shape index (κ1) is 16.2. The largest absolute Gasteiger partial charge is 0.384 e. The van der Waals surface area contributed by atoms with E-state index in [1.165, 1.54) is 4.31 Å². The molecule has 0 aromatic heterocycles. The van der Waals surface area contributed by atoms with E-state index in [1.54, 1.807) is 19.2 Å². The Morgan fingerprint density at radius 2 is 2.25 bits per heavy atom. The Morgan fingerprint density at radius 3 is 2.90 bits per heavy atom. The highest BCUT2D eigenvalue weighted by Crippen LogP contribution is 2.30. The highest BCUT2D eigenvalue weighted by molar-refractivity contribution is 9.10. The van der Waals surface area contributed by atoms with Crippen LogP contribution in [0.25, 0.3) is 0 Å². The quantitative estimate of drug-likeness (QED) is 0.736. The Labute approximate surface area is 133 Å². The van der Waals surface area contributed by atoms with E-state index in [1.807, 2.05) is 6.07 Å². The summed E-state index contributed by atoms with van der Waals surface area (Å²) in [7, 11) is -1.84. The topological polar surface area (TPSA) is 46.6 Å². The van der Waals surface area contributed by atoms with Gasteiger partial charge in [-0.2, -0.15) is 4.31 Å². The van der Waals surface area contributed by atoms with Crippen molar-refractivity contribution in [3.63, 3.8) is 0 Å². The first-order valence-corrected chi connectivity index (χ1v) is 9.09. The predicted molar refractivity (Wildman–Crippen MR) is 82.4 cm³/mol. The molecule has 1 aromatic carbocycles. The van der Waals surface area contributed by atoms with Gasteiger partial charge in [0.15, 0.2) is 0 Å². The van der Waals surface area contributed by atoms with Crippen molar-refractivity contribution < 1.29 is 13.2 Å². The zero-order valence-electron chi connectivity index (χ0n) is 11.2. The number of rotatable bonds is 5. The van der Waals surface area contributed by atoms with Gasteiger partial charge in [-0.25, -0.2) is 8.42 Å². The predicted octanol–water partition coefficient (Wildman–Crippen LogP) is 2.84. The van der Waals surface area contributed by atoms with Crippen LogP contribution >= 0.6 is 27.5 Å². The molecular formula is C13H17BrClNO3S. The van der Waals surface area contributed by atoms with Gasteiger partial charge >= 0.3 is 0 Å². The first-order valence-electron chi connectivity index (χ1n) is 6.32. The monoisotopic (exact) mass is 381 g/mol. The third-order valence-electron chi connectivity index (χ3n) is 3.42. The lowest BCUT2D eigenvalue weighted by atomic mass is 10.1. The Balaban J connectivity index is 2.27. The van der Waals surface area contributed by atoms with Crippen molar-refractivity contribution in [3.05, 3.63) is 28.2 Å². The minimum Gasteiger partial charge on any atom is -0.384 e. The van der Waals surface area contributed by atoms with Gasteiger partial charge in [-0.3, -0.25) is 0 Å². The van der Waals surface area contributed by atoms with Gasteiger partial charge in [-0.1, -0.05) is 6.07 Å². The molecule has 0 spiro atoms. The van der Waals surface area contributed by atoms with E-state index >= 15 is 0 Å². The van der Waals surface area contributed by atoms with Crippen LogP contribution in [0, 0.1) is 5.92 Å². The van der Waals surface area contributed by atoms with Crippen molar-refractivity contribution in [1.82, 2.24) is 4.31 Å². The summed E-state index contributed by atoms with van der Waals surface area (Å²) in [5, 5.41) is 0. The van der Waals surface area contributed by atoms with Gasteiger partial charge in [0.25, 0.3) is 0 Å². The number of halogens is 2. The number of hydrogen-bond acceptors (Lipinski definition) is 3. The van der Waals surface area contributed by atoms with E-state index in [-0.39, 0.29) is 10.8 Å². The summed E-state index contributed by atoms with van der Waals surface area (Å²) >= 11 is 9.10. The molecule has 1 atom stereocenters. The van der Waals surface area contributed by atoms with Crippen LogP contribution in [0.1, 0.15) is 12.0 Å². The summed E-state index contributed by atoms with van der Waals surface area (Å²) in [6.45, 7) is 1.64. The van der Waals surface area contributed by atoms with Crippen LogP contribution in [0.5, 0.6) is 0 Å². The maximum Gasteiger partial charge on any atom is 0.244 e. The van der Waals surface area contributed by atoms with Crippen molar-refractivity contribution in [2.24, 2.45) is 5.92 Å². The molecule has 0 radical (unpaired) electrons. The lowest BCUT2D eigenvalue weighted by molar-refractivity contribution is 0.157. The van der Waals surface area contributed by atoms with Crippen LogP contribution in [0.4, 0.5) is 0 Å². The Kier molecular flexibility index (Phi) is 5.48. The molecular weight excluding hydrogens is 366 g/mol. The molecule has 4 nitrogen and oxygen atoms in total. The number of alkyl halides is 1. The molecule has 1 heterocycles. The molecule has 0 bridgehead atoms. The molecule has 112 valence electrons. The van der Waals surface area contributed by atoms with Crippen LogP contribution in [-0.4, -0.2) is 39.5 Å². The second-order valence-corrected chi connectivity index (χ2v) is 7.90. The SMILES string of the molecule is COCC1CCN(S(=O)(=O)c2cc(CCl)ccc2Br)C1. The van der Waals surface area contributed by atoms with E-state index in [9.17, 15) is 8.42 Å². The van der Waals surface area contributed by atoms with Crippen molar-refractivity contribution in [2.45, 2.75) is 17.2 Å². The number of sulfonamides is 1. The zero-order valence-corrected chi connectivity index (χ0v) is 14.3. The van der Waals surface area contributed by atoms with Gasteiger partial charge < -0.3 is 4.74 Å². The smallest absolute Gasteiger partial charge is 0.244 e. The average Bonchev–Trinajstić information content (AvgIpc) is 2.89. The molecule has 20 heavy (non-hydrogen) atoms. The number of ether oxygens (including phenoxy) is 1. The van der Waals surface area contributed by atoms with Crippen LogP contribution in [0.2, 0.25) is 0 Å². The fraction of sp³-hybridized carbons (Fsp3) is 0.538. The fourth-order valence-electron chi connectivity index (χ4n) is 2.35. The van der Waals surface area contributed by atoms with Crippen LogP contribution < -0.4 is 0 Å². The van der Waals surface area contributed by atoms with Crippen LogP contribution in [0.15, 0.2) is 27.6 Å². The van der Waals surface area contributed by atoms with Crippen LogP contribution in [0.3, 0.4) is 0 Å². The average molecular weight is 383 g/mol. The van der Waals surface area contributed by atoms with Gasteiger partial charge in [-0.15, -0.1) is 11.6 Å². The van der Waals surface area contributed by atoms with Crippen molar-refractivity contribution in [1.29, 1.82) is 0 Å². The minimum absolute atomic E-state index is 0.268. The van der Waals surface area contributed by atoms with Gasteiger partial charge in [0.2, 0.25) is 10.0 Å². The molecule has 1 saturated heterocycles. The second-order valence-electron chi connectivity index (χ2n) is 4.87. The van der Waals surface area contributed by atoms with Crippen molar-refractivity contribution in [3.8, 4) is 0 Å². The van der Waals surface area contributed by atoms with Gasteiger partial charge in [0.05, 0.1) is 11.5 Å². The third kappa shape index (κ3) is 3.36. The molecule has 1 unspecified atom stereocenters. The van der Waals surface area contributed by atoms with Crippen LogP contribution in [-0.2, 0) is 20.6 Å². The highest BCUT2D eigenvalue weighted by Gasteiger charge is 2.33. The Bertz CT molecular complexity index is 579. The number of benzene rings is 1. The molecule has 2 rings (SSSR count). The second kappa shape index (κ2) is 6.75. The lowest BCUT2D eigenvalue weighted by Gasteiger charge is -2.18. The summed E-state index contributed by atoms with van der Waals surface area (Å²) in [6, 6.07) is 5.18. The molecule has 0 saturated carbocycles. The van der Waals surface area contributed by atoms with Gasteiger partial charge in [-0.05, 0) is 46.0 Å². The van der Waals surface area contributed by atoms with Crippen molar-refractivity contribution in [2.75, 3.05) is 26.8 Å². The molecule has 0 N–H and O–H groups in total. The third-order valence-corrected chi connectivity index (χ3v) is 6.59. The number of methoxy groups -OCH3 is 1. The molecule has 1 aliphatic rings. The molecule has 0 amide bonds. The summed E-state index contributed by atoms with van der Waals surface area (Å²) in [5.74, 6) is 0.562. The standard InChI is InChI=1S/C13H17BrClNO3S/c1-19-9-11-4-5-16(8-11)20(17,18)13-6-10(7-15)2-3-12(13)14/h2-3,6,11H,4-5,7-9H2,1H3. The normalized spacial score (nSPS) is 20.4. The number of hydrogen-bond donors (Lipinski definition) is 0. The van der Waals surface area contributed by atoms with Gasteiger partial charge in [0, 0.05) is 30.6 Å². The molecule has 7 heteroatoms. The number of nitrogens with zero attached hydrogens (tertiary/aromatic N) is 1. The fourth-order valence-corrected chi connectivity index (χ4v) is 5.03. The maximum absolute atomic E-state index is 12.7. The zero-order chi connectivity index (χ0) is 14.8. The summed E-state index contributed by atoms with van der Waals surface area (Å²) in [6.07, 6.45) is 0.833. The van der Waals surface area contributed by atoms with E-state index < -0.39 is 10.0 Å². The lowest BCUT2D eigenvalue weighted by Crippen LogP contribution is -2.29. The molecule has 1 aliphatic heterocycles. The van der Waals surface area contributed by atoms with E-state index in [0.717, 1.165) is 12.0 Å².